The highest BCUT2D eigenvalue weighted by molar-refractivity contribution is 6.06. The highest BCUT2D eigenvalue weighted by atomic mass is 16.5. The van der Waals surface area contributed by atoms with Crippen LogP contribution in [0.5, 0.6) is 11.5 Å². The monoisotopic (exact) mass is 356 g/mol. The van der Waals surface area contributed by atoms with Gasteiger partial charge in [-0.1, -0.05) is 29.8 Å². The molecular formula is C23H20N2O2. The van der Waals surface area contributed by atoms with Crippen LogP contribution < -0.4 is 10.1 Å². The molecule has 0 radical (unpaired) electrons. The van der Waals surface area contributed by atoms with E-state index in [0.29, 0.717) is 5.69 Å². The van der Waals surface area contributed by atoms with Crippen molar-refractivity contribution in [1.29, 1.82) is 0 Å². The molecule has 4 heteroatoms. The Morgan fingerprint density at radius 2 is 1.59 bits per heavy atom. The summed E-state index contributed by atoms with van der Waals surface area (Å²) in [5.74, 6) is 1.36. The zero-order valence-corrected chi connectivity index (χ0v) is 15.3. The molecule has 0 aliphatic heterocycles. The van der Waals surface area contributed by atoms with E-state index in [9.17, 15) is 4.79 Å². The smallest absolute Gasteiger partial charge is 0.272 e. The molecule has 0 bridgehead atoms. The summed E-state index contributed by atoms with van der Waals surface area (Å²) in [6.07, 6.45) is 0. The van der Waals surface area contributed by atoms with E-state index >= 15 is 0 Å². The fraction of sp³-hybridized carbons (Fsp3) is 0.0870. The summed E-state index contributed by atoms with van der Waals surface area (Å²) in [5, 5.41) is 4.01. The average Bonchev–Trinajstić information content (AvgIpc) is 3.00. The molecule has 4 aromatic rings. The van der Waals surface area contributed by atoms with Crippen molar-refractivity contribution in [2.45, 2.75) is 6.92 Å². The topological polar surface area (TPSA) is 43.3 Å². The first kappa shape index (κ1) is 16.9. The standard InChI is InChI=1S/C23H20N2O2/c1-16-8-13-21-17(14-16)15-22(25(21)2)23(26)24-18-9-11-20(12-10-18)27-19-6-4-3-5-7-19/h3-15H,1-2H3,(H,24,26). The number of hydrogen-bond acceptors (Lipinski definition) is 2. The second-order valence-corrected chi connectivity index (χ2v) is 6.54. The van der Waals surface area contributed by atoms with Gasteiger partial charge in [-0.25, -0.2) is 0 Å². The van der Waals surface area contributed by atoms with Crippen molar-refractivity contribution in [1.82, 2.24) is 4.57 Å². The Balaban J connectivity index is 1.50. The molecule has 1 N–H and O–H groups in total. The first-order chi connectivity index (χ1) is 13.1. The number of nitrogens with zero attached hydrogens (tertiary/aromatic N) is 1. The van der Waals surface area contributed by atoms with Crippen LogP contribution in [0.2, 0.25) is 0 Å². The summed E-state index contributed by atoms with van der Waals surface area (Å²) in [5.41, 5.74) is 3.56. The van der Waals surface area contributed by atoms with Gasteiger partial charge >= 0.3 is 0 Å². The van der Waals surface area contributed by atoms with Crippen molar-refractivity contribution >= 4 is 22.5 Å². The second kappa shape index (κ2) is 7.00. The molecule has 0 unspecified atom stereocenters. The molecule has 4 nitrogen and oxygen atoms in total. The Kier molecular flexibility index (Phi) is 4.38. The average molecular weight is 356 g/mol. The highest BCUT2D eigenvalue weighted by Gasteiger charge is 2.13. The van der Waals surface area contributed by atoms with Crippen LogP contribution in [0.15, 0.2) is 78.9 Å². The van der Waals surface area contributed by atoms with Crippen molar-refractivity contribution < 1.29 is 9.53 Å². The summed E-state index contributed by atoms with van der Waals surface area (Å²) in [4.78, 5) is 12.7. The quantitative estimate of drug-likeness (QED) is 0.522. The normalized spacial score (nSPS) is 10.7. The van der Waals surface area contributed by atoms with E-state index in [2.05, 4.69) is 17.4 Å². The Morgan fingerprint density at radius 3 is 2.33 bits per heavy atom. The van der Waals surface area contributed by atoms with Gasteiger partial charge in [0.2, 0.25) is 0 Å². The molecule has 27 heavy (non-hydrogen) atoms. The van der Waals surface area contributed by atoms with Gasteiger partial charge < -0.3 is 14.6 Å². The molecule has 0 spiro atoms. The van der Waals surface area contributed by atoms with Gasteiger partial charge in [-0.2, -0.15) is 0 Å². The predicted molar refractivity (Wildman–Crippen MR) is 109 cm³/mol. The fourth-order valence-corrected chi connectivity index (χ4v) is 3.11. The van der Waals surface area contributed by atoms with E-state index in [-0.39, 0.29) is 5.91 Å². The van der Waals surface area contributed by atoms with Crippen molar-refractivity contribution in [3.63, 3.8) is 0 Å². The third kappa shape index (κ3) is 3.55. The molecule has 0 atom stereocenters. The summed E-state index contributed by atoms with van der Waals surface area (Å²) in [7, 11) is 1.91. The number of benzene rings is 3. The van der Waals surface area contributed by atoms with Gasteiger partial charge in [0.1, 0.15) is 17.2 Å². The molecule has 0 fully saturated rings. The van der Waals surface area contributed by atoms with Crippen LogP contribution in [-0.4, -0.2) is 10.5 Å². The van der Waals surface area contributed by atoms with Gasteiger partial charge in [0, 0.05) is 23.6 Å². The number of rotatable bonds is 4. The number of para-hydroxylation sites is 1. The Morgan fingerprint density at radius 1 is 0.889 bits per heavy atom. The number of aryl methyl sites for hydroxylation is 2. The summed E-state index contributed by atoms with van der Waals surface area (Å²) in [6.45, 7) is 2.05. The Bertz CT molecular complexity index is 1100. The molecule has 0 aliphatic rings. The lowest BCUT2D eigenvalue weighted by atomic mass is 10.2. The van der Waals surface area contributed by atoms with E-state index in [1.165, 1.54) is 5.56 Å². The van der Waals surface area contributed by atoms with Gasteiger partial charge in [-0.3, -0.25) is 4.79 Å². The molecule has 0 saturated heterocycles. The molecule has 3 aromatic carbocycles. The zero-order valence-electron chi connectivity index (χ0n) is 15.3. The van der Waals surface area contributed by atoms with Gasteiger partial charge in [0.25, 0.3) is 5.91 Å². The number of ether oxygens (including phenoxy) is 1. The van der Waals surface area contributed by atoms with E-state index in [1.807, 2.05) is 85.3 Å². The van der Waals surface area contributed by atoms with Crippen LogP contribution in [0.3, 0.4) is 0 Å². The van der Waals surface area contributed by atoms with Crippen molar-refractivity contribution in [2.24, 2.45) is 7.05 Å². The minimum Gasteiger partial charge on any atom is -0.457 e. The third-order valence-corrected chi connectivity index (χ3v) is 4.52. The SMILES string of the molecule is Cc1ccc2c(c1)cc(C(=O)Nc1ccc(Oc3ccccc3)cc1)n2C. The number of carbonyl (C=O) groups is 1. The van der Waals surface area contributed by atoms with Crippen LogP contribution in [0.4, 0.5) is 5.69 Å². The first-order valence-corrected chi connectivity index (χ1v) is 8.80. The molecule has 0 saturated carbocycles. The summed E-state index contributed by atoms with van der Waals surface area (Å²) >= 11 is 0. The summed E-state index contributed by atoms with van der Waals surface area (Å²) < 4.78 is 7.69. The van der Waals surface area contributed by atoms with Crippen LogP contribution in [0, 0.1) is 6.92 Å². The maximum atomic E-state index is 12.7. The Labute approximate surface area is 158 Å². The number of aromatic nitrogens is 1. The minimum absolute atomic E-state index is 0.136. The molecule has 1 amide bonds. The number of nitrogens with one attached hydrogen (secondary N) is 1. The molecule has 134 valence electrons. The highest BCUT2D eigenvalue weighted by Crippen LogP contribution is 2.24. The number of amides is 1. The van der Waals surface area contributed by atoms with Crippen LogP contribution in [-0.2, 0) is 7.05 Å². The van der Waals surface area contributed by atoms with Gasteiger partial charge in [0.05, 0.1) is 0 Å². The zero-order chi connectivity index (χ0) is 18.8. The van der Waals surface area contributed by atoms with Crippen molar-refractivity contribution in [3.8, 4) is 11.5 Å². The van der Waals surface area contributed by atoms with Crippen LogP contribution in [0.1, 0.15) is 16.1 Å². The van der Waals surface area contributed by atoms with Crippen molar-refractivity contribution in [2.75, 3.05) is 5.32 Å². The second-order valence-electron chi connectivity index (χ2n) is 6.54. The molecule has 0 aliphatic carbocycles. The summed E-state index contributed by atoms with van der Waals surface area (Å²) in [6, 6.07) is 25.0. The molecule has 4 rings (SSSR count). The number of anilines is 1. The van der Waals surface area contributed by atoms with E-state index in [4.69, 9.17) is 4.74 Å². The molecule has 1 heterocycles. The van der Waals surface area contributed by atoms with Gasteiger partial charge in [-0.05, 0) is 61.5 Å². The maximum Gasteiger partial charge on any atom is 0.272 e. The van der Waals surface area contributed by atoms with Crippen LogP contribution in [0.25, 0.3) is 10.9 Å². The maximum absolute atomic E-state index is 12.7. The molecule has 1 aromatic heterocycles. The third-order valence-electron chi connectivity index (χ3n) is 4.52. The number of carbonyl (C=O) groups excluding carboxylic acids is 1. The van der Waals surface area contributed by atoms with E-state index < -0.39 is 0 Å². The van der Waals surface area contributed by atoms with Gasteiger partial charge in [-0.15, -0.1) is 0 Å². The first-order valence-electron chi connectivity index (χ1n) is 8.80. The van der Waals surface area contributed by atoms with Crippen molar-refractivity contribution in [3.05, 3.63) is 90.1 Å². The molecular weight excluding hydrogens is 336 g/mol. The number of hydrogen-bond donors (Lipinski definition) is 1. The van der Waals surface area contributed by atoms with E-state index in [1.54, 1.807) is 0 Å². The predicted octanol–water partition coefficient (Wildman–Crippen LogP) is 5.53. The lowest BCUT2D eigenvalue weighted by Gasteiger charge is -2.09. The fourth-order valence-electron chi connectivity index (χ4n) is 3.11. The largest absolute Gasteiger partial charge is 0.457 e. The van der Waals surface area contributed by atoms with E-state index in [0.717, 1.165) is 28.1 Å². The number of fused-ring (bicyclic) bond motifs is 1. The Hall–Kier alpha value is -3.53. The van der Waals surface area contributed by atoms with Crippen LogP contribution >= 0.6 is 0 Å². The van der Waals surface area contributed by atoms with Gasteiger partial charge in [0.15, 0.2) is 0 Å². The lowest BCUT2D eigenvalue weighted by molar-refractivity contribution is 0.101. The minimum atomic E-state index is -0.136. The lowest BCUT2D eigenvalue weighted by Crippen LogP contribution is -2.15.